The Morgan fingerprint density at radius 3 is 1.71 bits per heavy atom. The molecule has 1 rings (SSSR count). The highest BCUT2D eigenvalue weighted by Gasteiger charge is 2.25. The lowest BCUT2D eigenvalue weighted by atomic mass is 10.1. The fourth-order valence-electron chi connectivity index (χ4n) is 2.00. The largest absolute Gasteiger partial charge is 0.420 e. The molecule has 1 aromatic carbocycles. The summed E-state index contributed by atoms with van der Waals surface area (Å²) in [7, 11) is -0.0176. The van der Waals surface area contributed by atoms with Gasteiger partial charge in [0.05, 0.1) is 0 Å². The van der Waals surface area contributed by atoms with Gasteiger partial charge in [0, 0.05) is 12.7 Å². The van der Waals surface area contributed by atoms with Gasteiger partial charge < -0.3 is 4.43 Å². The molecule has 0 N–H and O–H groups in total. The Morgan fingerprint density at radius 2 is 1.24 bits per heavy atom. The molecule has 7 heteroatoms. The summed E-state index contributed by atoms with van der Waals surface area (Å²) in [4.78, 5) is 0. The third kappa shape index (κ3) is 4.51. The predicted molar refractivity (Wildman–Crippen MR) is 73.1 cm³/mol. The van der Waals surface area contributed by atoms with Gasteiger partial charge in [-0.05, 0) is 32.0 Å². The molecule has 0 aliphatic carbocycles. The van der Waals surface area contributed by atoms with Gasteiger partial charge >= 0.3 is 0 Å². The third-order valence-electron chi connectivity index (χ3n) is 3.56. The molecule has 0 spiro atoms. The number of hydrogen-bond acceptors (Lipinski definition) is 1. The molecule has 1 nitrogen and oxygen atoms in total. The summed E-state index contributed by atoms with van der Waals surface area (Å²) in [6.07, 6.45) is 1.66. The monoisotopic (exact) mass is 326 g/mol. The Bertz CT molecular complexity index is 476. The molecule has 0 atom stereocenters. The fraction of sp³-hybridized carbons (Fsp3) is 0.571. The zero-order valence-electron chi connectivity index (χ0n) is 12.3. The second-order valence-corrected chi connectivity index (χ2v) is 10.0. The molecule has 1 aromatic rings. The molecule has 0 bridgehead atoms. The van der Waals surface area contributed by atoms with Crippen LogP contribution in [0.4, 0.5) is 22.0 Å². The summed E-state index contributed by atoms with van der Waals surface area (Å²) in [6.45, 7) is 4.11. The standard InChI is InChI=1S/C14H19F5OSi/c1-20-21(2,3)8-6-4-5-7-9-10(15)12(17)14(19)13(18)11(9)16/h4-8H2,1-3H3. The molecule has 120 valence electrons. The molecule has 21 heavy (non-hydrogen) atoms. The van der Waals surface area contributed by atoms with E-state index in [1.54, 1.807) is 7.11 Å². The van der Waals surface area contributed by atoms with Crippen molar-refractivity contribution >= 4 is 8.32 Å². The lowest BCUT2D eigenvalue weighted by Gasteiger charge is -2.19. The molecular formula is C14H19F5OSi. The number of benzene rings is 1. The van der Waals surface area contributed by atoms with Crippen molar-refractivity contribution in [3.05, 3.63) is 34.6 Å². The molecular weight excluding hydrogens is 307 g/mol. The van der Waals surface area contributed by atoms with Crippen LogP contribution in [0.25, 0.3) is 0 Å². The molecule has 0 aliphatic rings. The van der Waals surface area contributed by atoms with Crippen LogP contribution in [0.2, 0.25) is 19.1 Å². The summed E-state index contributed by atoms with van der Waals surface area (Å²) in [5.74, 6) is -9.31. The van der Waals surface area contributed by atoms with Crippen LogP contribution in [0.15, 0.2) is 0 Å². The van der Waals surface area contributed by atoms with Crippen molar-refractivity contribution in [2.75, 3.05) is 7.11 Å². The summed E-state index contributed by atoms with van der Waals surface area (Å²) < 4.78 is 71.1. The molecule has 0 saturated heterocycles. The van der Waals surface area contributed by atoms with E-state index in [1.807, 2.05) is 0 Å². The first-order valence-electron chi connectivity index (χ1n) is 6.76. The Hall–Kier alpha value is -0.953. The van der Waals surface area contributed by atoms with E-state index in [-0.39, 0.29) is 6.42 Å². The van der Waals surface area contributed by atoms with Crippen molar-refractivity contribution in [2.45, 2.75) is 44.8 Å². The Kier molecular flexibility index (Phi) is 6.34. The second kappa shape index (κ2) is 7.35. The molecule has 0 aromatic heterocycles. The normalized spacial score (nSPS) is 12.0. The van der Waals surface area contributed by atoms with Crippen LogP contribution < -0.4 is 0 Å². The number of rotatable bonds is 7. The SMILES string of the molecule is CO[Si](C)(C)CCCCCc1c(F)c(F)c(F)c(F)c1F. The van der Waals surface area contributed by atoms with E-state index in [0.717, 1.165) is 12.5 Å². The molecule has 0 radical (unpaired) electrons. The van der Waals surface area contributed by atoms with Gasteiger partial charge in [-0.3, -0.25) is 0 Å². The van der Waals surface area contributed by atoms with Crippen molar-refractivity contribution in [2.24, 2.45) is 0 Å². The quantitative estimate of drug-likeness (QED) is 0.227. The number of halogens is 5. The third-order valence-corrected chi connectivity index (χ3v) is 6.22. The summed E-state index contributed by atoms with van der Waals surface area (Å²) in [5, 5.41) is 0. The number of unbranched alkanes of at least 4 members (excludes halogenated alkanes) is 2. The van der Waals surface area contributed by atoms with E-state index in [4.69, 9.17) is 4.43 Å². The van der Waals surface area contributed by atoms with Crippen molar-refractivity contribution in [1.82, 2.24) is 0 Å². The topological polar surface area (TPSA) is 9.23 Å². The van der Waals surface area contributed by atoms with E-state index in [9.17, 15) is 22.0 Å². The van der Waals surface area contributed by atoms with Crippen molar-refractivity contribution in [1.29, 1.82) is 0 Å². The molecule has 0 aliphatic heterocycles. The van der Waals surface area contributed by atoms with Crippen LogP contribution in [0, 0.1) is 29.1 Å². The highest BCUT2D eigenvalue weighted by Crippen LogP contribution is 2.25. The van der Waals surface area contributed by atoms with Crippen molar-refractivity contribution < 1.29 is 26.4 Å². The van der Waals surface area contributed by atoms with Gasteiger partial charge in [-0.2, -0.15) is 0 Å². The average molecular weight is 326 g/mol. The van der Waals surface area contributed by atoms with Crippen LogP contribution in [0.3, 0.4) is 0 Å². The van der Waals surface area contributed by atoms with Crippen LogP contribution in [-0.4, -0.2) is 15.4 Å². The van der Waals surface area contributed by atoms with Gasteiger partial charge in [0.2, 0.25) is 5.82 Å². The predicted octanol–water partition coefficient (Wildman–Crippen LogP) is 4.95. The lowest BCUT2D eigenvalue weighted by molar-refractivity contribution is 0.368. The first-order chi connectivity index (χ1) is 9.71. The summed E-state index contributed by atoms with van der Waals surface area (Å²) >= 11 is 0. The van der Waals surface area contributed by atoms with Gasteiger partial charge in [0.1, 0.15) is 0 Å². The Labute approximate surface area is 122 Å². The average Bonchev–Trinajstić information content (AvgIpc) is 2.46. The van der Waals surface area contributed by atoms with Gasteiger partial charge in [-0.15, -0.1) is 0 Å². The van der Waals surface area contributed by atoms with E-state index >= 15 is 0 Å². The van der Waals surface area contributed by atoms with E-state index < -0.39 is 43.0 Å². The fourth-order valence-corrected chi connectivity index (χ4v) is 3.31. The summed E-state index contributed by atoms with van der Waals surface area (Å²) in [6, 6.07) is 0.889. The maximum absolute atomic E-state index is 13.4. The highest BCUT2D eigenvalue weighted by atomic mass is 28.4. The maximum Gasteiger partial charge on any atom is 0.200 e. The minimum atomic E-state index is -2.11. The zero-order valence-corrected chi connectivity index (χ0v) is 13.3. The van der Waals surface area contributed by atoms with E-state index in [2.05, 4.69) is 13.1 Å². The van der Waals surface area contributed by atoms with Gasteiger partial charge in [0.15, 0.2) is 31.6 Å². The van der Waals surface area contributed by atoms with Crippen molar-refractivity contribution in [3.63, 3.8) is 0 Å². The first kappa shape index (κ1) is 18.1. The zero-order chi connectivity index (χ0) is 16.2. The molecule has 0 heterocycles. The van der Waals surface area contributed by atoms with Crippen LogP contribution >= 0.6 is 0 Å². The first-order valence-corrected chi connectivity index (χ1v) is 9.88. The smallest absolute Gasteiger partial charge is 0.200 e. The molecule has 0 unspecified atom stereocenters. The highest BCUT2D eigenvalue weighted by molar-refractivity contribution is 6.71. The van der Waals surface area contributed by atoms with Gasteiger partial charge in [-0.1, -0.05) is 12.8 Å². The van der Waals surface area contributed by atoms with E-state index in [1.165, 1.54) is 0 Å². The minimum absolute atomic E-state index is 0.166. The Morgan fingerprint density at radius 1 is 0.762 bits per heavy atom. The summed E-state index contributed by atoms with van der Waals surface area (Å²) in [5.41, 5.74) is -0.727. The van der Waals surface area contributed by atoms with Crippen LogP contribution in [0.5, 0.6) is 0 Å². The molecule has 0 amide bonds. The van der Waals surface area contributed by atoms with Gasteiger partial charge in [0.25, 0.3) is 0 Å². The number of hydrogen-bond donors (Lipinski definition) is 0. The maximum atomic E-state index is 13.4. The van der Waals surface area contributed by atoms with Gasteiger partial charge in [-0.25, -0.2) is 22.0 Å². The van der Waals surface area contributed by atoms with Crippen molar-refractivity contribution in [3.8, 4) is 0 Å². The minimum Gasteiger partial charge on any atom is -0.420 e. The molecule has 0 fully saturated rings. The second-order valence-electron chi connectivity index (χ2n) is 5.57. The Balaban J connectivity index is 2.61. The lowest BCUT2D eigenvalue weighted by Crippen LogP contribution is -2.27. The van der Waals surface area contributed by atoms with Crippen LogP contribution in [0.1, 0.15) is 24.8 Å². The molecule has 0 saturated carbocycles. The van der Waals surface area contributed by atoms with E-state index in [0.29, 0.717) is 12.8 Å². The van der Waals surface area contributed by atoms with Crippen LogP contribution in [-0.2, 0) is 10.8 Å².